The van der Waals surface area contributed by atoms with E-state index in [4.69, 9.17) is 0 Å². The number of halogens is 2. The van der Waals surface area contributed by atoms with Crippen molar-refractivity contribution in [3.05, 3.63) is 67.9 Å². The highest BCUT2D eigenvalue weighted by atomic mass is 79.9. The molecule has 0 spiro atoms. The van der Waals surface area contributed by atoms with Crippen LogP contribution in [0, 0.1) is 22.9 Å². The van der Waals surface area contributed by atoms with Crippen LogP contribution in [0.4, 0.5) is 15.8 Å². The van der Waals surface area contributed by atoms with Crippen molar-refractivity contribution >= 4 is 27.3 Å². The van der Waals surface area contributed by atoms with Crippen LogP contribution in [0.15, 0.2) is 40.9 Å². The van der Waals surface area contributed by atoms with E-state index in [9.17, 15) is 14.5 Å². The zero-order chi connectivity index (χ0) is 14.7. The zero-order valence-electron chi connectivity index (χ0n) is 10.7. The summed E-state index contributed by atoms with van der Waals surface area (Å²) in [5.74, 6) is -0.260. The molecule has 0 aliphatic carbocycles. The summed E-state index contributed by atoms with van der Waals surface area (Å²) in [6.45, 7) is 2.36. The van der Waals surface area contributed by atoms with Gasteiger partial charge in [-0.05, 0) is 58.2 Å². The van der Waals surface area contributed by atoms with Crippen LogP contribution in [-0.4, -0.2) is 4.92 Å². The van der Waals surface area contributed by atoms with E-state index in [1.807, 2.05) is 6.92 Å². The first-order valence-electron chi connectivity index (χ1n) is 5.90. The molecular weight excluding hydrogens is 327 g/mol. The molecule has 1 N–H and O–H groups in total. The van der Waals surface area contributed by atoms with Crippen LogP contribution in [0.3, 0.4) is 0 Å². The van der Waals surface area contributed by atoms with Crippen LogP contribution in [0.2, 0.25) is 0 Å². The van der Waals surface area contributed by atoms with E-state index in [2.05, 4.69) is 21.2 Å². The Bertz CT molecular complexity index is 662. The molecule has 104 valence electrons. The molecule has 2 rings (SSSR count). The highest BCUT2D eigenvalue weighted by Crippen LogP contribution is 2.28. The Hall–Kier alpha value is -1.95. The number of nitro benzene ring substituents is 1. The van der Waals surface area contributed by atoms with E-state index < -0.39 is 4.92 Å². The fourth-order valence-electron chi connectivity index (χ4n) is 1.82. The third-order valence-corrected chi connectivity index (χ3v) is 3.57. The number of nitro groups is 1. The molecule has 0 fully saturated rings. The second kappa shape index (κ2) is 6.00. The van der Waals surface area contributed by atoms with Gasteiger partial charge in [0, 0.05) is 18.3 Å². The largest absolute Gasteiger partial charge is 0.381 e. The van der Waals surface area contributed by atoms with Gasteiger partial charge in [0.1, 0.15) is 5.82 Å². The van der Waals surface area contributed by atoms with Gasteiger partial charge in [-0.15, -0.1) is 0 Å². The monoisotopic (exact) mass is 338 g/mol. The van der Waals surface area contributed by atoms with Crippen molar-refractivity contribution in [3.8, 4) is 0 Å². The fraction of sp³-hybridized carbons (Fsp3) is 0.143. The predicted octanol–water partition coefficient (Wildman–Crippen LogP) is 4.42. The lowest BCUT2D eigenvalue weighted by atomic mass is 10.1. The third-order valence-electron chi connectivity index (χ3n) is 2.93. The van der Waals surface area contributed by atoms with Gasteiger partial charge in [0.25, 0.3) is 5.69 Å². The van der Waals surface area contributed by atoms with Crippen LogP contribution in [0.25, 0.3) is 0 Å². The molecule has 0 saturated heterocycles. The molecule has 0 aromatic heterocycles. The lowest BCUT2D eigenvalue weighted by Crippen LogP contribution is -2.02. The molecular formula is C14H12BrFN2O2. The van der Waals surface area contributed by atoms with Gasteiger partial charge in [-0.3, -0.25) is 10.1 Å². The highest BCUT2D eigenvalue weighted by Gasteiger charge is 2.11. The van der Waals surface area contributed by atoms with E-state index in [0.717, 1.165) is 16.8 Å². The summed E-state index contributed by atoms with van der Waals surface area (Å²) in [5.41, 5.74) is 2.61. The molecule has 0 aliphatic rings. The maximum absolute atomic E-state index is 13.0. The molecule has 2 aromatic rings. The van der Waals surface area contributed by atoms with Crippen LogP contribution >= 0.6 is 15.9 Å². The Labute approximate surface area is 123 Å². The van der Waals surface area contributed by atoms with Gasteiger partial charge in [-0.2, -0.15) is 0 Å². The Morgan fingerprint density at radius 2 is 2.05 bits per heavy atom. The number of hydrogen-bond acceptors (Lipinski definition) is 3. The van der Waals surface area contributed by atoms with Crippen LogP contribution in [0.5, 0.6) is 0 Å². The summed E-state index contributed by atoms with van der Waals surface area (Å²) in [4.78, 5) is 10.3. The predicted molar refractivity (Wildman–Crippen MR) is 79.3 cm³/mol. The topological polar surface area (TPSA) is 55.2 Å². The molecule has 0 atom stereocenters. The summed E-state index contributed by atoms with van der Waals surface area (Å²) >= 11 is 3.17. The molecule has 0 saturated carbocycles. The van der Waals surface area contributed by atoms with E-state index in [0.29, 0.717) is 11.0 Å². The fourth-order valence-corrected chi connectivity index (χ4v) is 2.34. The second-order valence-corrected chi connectivity index (χ2v) is 5.20. The van der Waals surface area contributed by atoms with E-state index in [1.165, 1.54) is 18.2 Å². The highest BCUT2D eigenvalue weighted by molar-refractivity contribution is 9.10. The average Bonchev–Trinajstić information content (AvgIpc) is 2.37. The minimum Gasteiger partial charge on any atom is -0.381 e. The Morgan fingerprint density at radius 1 is 1.30 bits per heavy atom. The standard InChI is InChI=1S/C14H12BrFN2O2/c1-9-6-11(16)3-2-10(9)8-17-12-4-5-14(18(19)20)13(15)7-12/h2-7,17H,8H2,1H3. The smallest absolute Gasteiger partial charge is 0.283 e. The maximum atomic E-state index is 13.0. The SMILES string of the molecule is Cc1cc(F)ccc1CNc1ccc([N+](=O)[O-])c(Br)c1. The molecule has 4 nitrogen and oxygen atoms in total. The van der Waals surface area contributed by atoms with Crippen molar-refractivity contribution < 1.29 is 9.31 Å². The van der Waals surface area contributed by atoms with Gasteiger partial charge in [0.2, 0.25) is 0 Å². The molecule has 0 aliphatic heterocycles. The molecule has 20 heavy (non-hydrogen) atoms. The third kappa shape index (κ3) is 3.33. The van der Waals surface area contributed by atoms with Gasteiger partial charge < -0.3 is 5.32 Å². The van der Waals surface area contributed by atoms with Crippen LogP contribution in [0.1, 0.15) is 11.1 Å². The summed E-state index contributed by atoms with van der Waals surface area (Å²) in [5, 5.41) is 13.9. The van der Waals surface area contributed by atoms with Gasteiger partial charge in [0.15, 0.2) is 0 Å². The number of hydrogen-bond donors (Lipinski definition) is 1. The lowest BCUT2D eigenvalue weighted by Gasteiger charge is -2.09. The molecule has 0 bridgehead atoms. The average molecular weight is 339 g/mol. The van der Waals surface area contributed by atoms with Crippen molar-refractivity contribution in [2.45, 2.75) is 13.5 Å². The number of nitrogens with one attached hydrogen (secondary N) is 1. The first kappa shape index (κ1) is 14.5. The quantitative estimate of drug-likeness (QED) is 0.663. The minimum atomic E-state index is -0.446. The normalized spacial score (nSPS) is 10.3. The number of rotatable bonds is 4. The Kier molecular flexibility index (Phi) is 4.34. The number of aryl methyl sites for hydroxylation is 1. The number of anilines is 1. The summed E-state index contributed by atoms with van der Waals surface area (Å²) in [7, 11) is 0. The maximum Gasteiger partial charge on any atom is 0.283 e. The van der Waals surface area contributed by atoms with Gasteiger partial charge in [-0.25, -0.2) is 4.39 Å². The molecule has 0 amide bonds. The zero-order valence-corrected chi connectivity index (χ0v) is 12.3. The summed E-state index contributed by atoms with van der Waals surface area (Å²) in [6.07, 6.45) is 0. The summed E-state index contributed by atoms with van der Waals surface area (Å²) in [6, 6.07) is 9.33. The number of nitrogens with zero attached hydrogens (tertiary/aromatic N) is 1. The van der Waals surface area contributed by atoms with E-state index >= 15 is 0 Å². The first-order valence-corrected chi connectivity index (χ1v) is 6.69. The summed E-state index contributed by atoms with van der Waals surface area (Å²) < 4.78 is 13.4. The Balaban J connectivity index is 2.11. The van der Waals surface area contributed by atoms with Gasteiger partial charge in [-0.1, -0.05) is 6.07 Å². The van der Waals surface area contributed by atoms with E-state index in [1.54, 1.807) is 18.2 Å². The van der Waals surface area contributed by atoms with Crippen molar-refractivity contribution in [1.82, 2.24) is 0 Å². The second-order valence-electron chi connectivity index (χ2n) is 4.35. The van der Waals surface area contributed by atoms with Crippen LogP contribution in [-0.2, 0) is 6.54 Å². The molecule has 0 unspecified atom stereocenters. The van der Waals surface area contributed by atoms with Crippen molar-refractivity contribution in [3.63, 3.8) is 0 Å². The molecule has 2 aromatic carbocycles. The lowest BCUT2D eigenvalue weighted by molar-refractivity contribution is -0.385. The minimum absolute atomic E-state index is 0.0218. The van der Waals surface area contributed by atoms with Crippen molar-refractivity contribution in [2.75, 3.05) is 5.32 Å². The van der Waals surface area contributed by atoms with Gasteiger partial charge >= 0.3 is 0 Å². The van der Waals surface area contributed by atoms with Gasteiger partial charge in [0.05, 0.1) is 9.40 Å². The van der Waals surface area contributed by atoms with Crippen LogP contribution < -0.4 is 5.32 Å². The molecule has 0 heterocycles. The Morgan fingerprint density at radius 3 is 2.65 bits per heavy atom. The van der Waals surface area contributed by atoms with Crippen molar-refractivity contribution in [2.24, 2.45) is 0 Å². The molecule has 0 radical (unpaired) electrons. The number of benzene rings is 2. The first-order chi connectivity index (χ1) is 9.47. The molecule has 6 heteroatoms. The van der Waals surface area contributed by atoms with Crippen molar-refractivity contribution in [1.29, 1.82) is 0 Å². The van der Waals surface area contributed by atoms with E-state index in [-0.39, 0.29) is 11.5 Å².